The van der Waals surface area contributed by atoms with Gasteiger partial charge in [0, 0.05) is 32.6 Å². The lowest BCUT2D eigenvalue weighted by molar-refractivity contribution is 1.04. The first kappa shape index (κ1) is 22.7. The Labute approximate surface area is 238 Å². The van der Waals surface area contributed by atoms with Crippen LogP contribution in [-0.2, 0) is 0 Å². The van der Waals surface area contributed by atoms with Gasteiger partial charge in [-0.3, -0.25) is 0 Å². The molecule has 1 heteroatoms. The molecule has 0 spiro atoms. The molecule has 0 atom stereocenters. The Morgan fingerprint density at radius 1 is 0.439 bits per heavy atom. The zero-order valence-electron chi connectivity index (χ0n) is 22.6. The molecule has 9 rings (SSSR count). The summed E-state index contributed by atoms with van der Waals surface area (Å²) in [5.41, 5.74) is 6.33. The van der Waals surface area contributed by atoms with Gasteiger partial charge in [0.05, 0.1) is 11.0 Å². The molecule has 0 N–H and O–H groups in total. The molecule has 0 amide bonds. The van der Waals surface area contributed by atoms with Crippen molar-refractivity contribution < 1.29 is 0 Å². The first-order valence-corrected chi connectivity index (χ1v) is 14.5. The van der Waals surface area contributed by atoms with Crippen LogP contribution in [0.2, 0.25) is 0 Å². The van der Waals surface area contributed by atoms with E-state index in [-0.39, 0.29) is 0 Å². The highest BCUT2D eigenvalue weighted by atomic mass is 15.0. The second kappa shape index (κ2) is 8.68. The van der Waals surface area contributed by atoms with Gasteiger partial charge in [-0.1, -0.05) is 127 Å². The maximum atomic E-state index is 2.53. The minimum Gasteiger partial charge on any atom is -0.308 e. The molecule has 41 heavy (non-hydrogen) atoms. The Morgan fingerprint density at radius 2 is 1.10 bits per heavy atom. The summed E-state index contributed by atoms with van der Waals surface area (Å²) < 4.78 is 2.53. The van der Waals surface area contributed by atoms with Gasteiger partial charge in [-0.25, -0.2) is 0 Å². The maximum Gasteiger partial charge on any atom is 0.0626 e. The summed E-state index contributed by atoms with van der Waals surface area (Å²) in [6, 6.07) is 45.0. The third kappa shape index (κ3) is 3.24. The second-order valence-corrected chi connectivity index (χ2v) is 11.2. The Balaban J connectivity index is 1.52. The van der Waals surface area contributed by atoms with Crippen molar-refractivity contribution in [3.05, 3.63) is 145 Å². The Morgan fingerprint density at radius 3 is 1.85 bits per heavy atom. The quantitative estimate of drug-likeness (QED) is 0.199. The van der Waals surface area contributed by atoms with Crippen LogP contribution in [-0.4, -0.2) is 4.57 Å². The lowest BCUT2D eigenvalue weighted by Gasteiger charge is -2.15. The number of rotatable bonds is 2. The first-order chi connectivity index (χ1) is 20.4. The third-order valence-corrected chi connectivity index (χ3v) is 8.96. The smallest absolute Gasteiger partial charge is 0.0626 e. The molecule has 1 aromatic heterocycles. The van der Waals surface area contributed by atoms with Crippen LogP contribution in [0.4, 0.5) is 0 Å². The van der Waals surface area contributed by atoms with Crippen molar-refractivity contribution in [1.82, 2.24) is 4.57 Å². The molecular formula is C40H27N. The molecule has 0 aliphatic heterocycles. The van der Waals surface area contributed by atoms with Gasteiger partial charge in [0.15, 0.2) is 0 Å². The van der Waals surface area contributed by atoms with Crippen LogP contribution >= 0.6 is 0 Å². The van der Waals surface area contributed by atoms with Crippen molar-refractivity contribution in [2.45, 2.75) is 12.8 Å². The van der Waals surface area contributed by atoms with Gasteiger partial charge < -0.3 is 4.57 Å². The third-order valence-electron chi connectivity index (χ3n) is 8.96. The van der Waals surface area contributed by atoms with Crippen LogP contribution in [0, 0.1) is 0 Å². The zero-order valence-corrected chi connectivity index (χ0v) is 22.6. The highest BCUT2D eigenvalue weighted by molar-refractivity contribution is 6.38. The summed E-state index contributed by atoms with van der Waals surface area (Å²) >= 11 is 0. The predicted molar refractivity (Wildman–Crippen MR) is 177 cm³/mol. The van der Waals surface area contributed by atoms with Gasteiger partial charge in [0.1, 0.15) is 0 Å². The molecule has 0 bridgehead atoms. The molecular weight excluding hydrogens is 494 g/mol. The Kier molecular flexibility index (Phi) is 4.80. The minimum absolute atomic E-state index is 1.11. The van der Waals surface area contributed by atoms with E-state index >= 15 is 0 Å². The Bertz CT molecular complexity index is 2400. The first-order valence-electron chi connectivity index (χ1n) is 14.5. The van der Waals surface area contributed by atoms with Crippen LogP contribution in [0.1, 0.15) is 18.4 Å². The number of benzene rings is 7. The van der Waals surface area contributed by atoms with E-state index in [1.165, 1.54) is 81.7 Å². The molecule has 0 radical (unpaired) electrons. The van der Waals surface area contributed by atoms with Crippen molar-refractivity contribution in [3.63, 3.8) is 0 Å². The summed E-state index contributed by atoms with van der Waals surface area (Å²) in [4.78, 5) is 0. The SMILES string of the molecule is C1=CC(c2ccc(-n3c4c5ccccc5ccc4c4c5c6ccccc6ccc5c5ccccc5c43)cc2)=CCC1. The van der Waals surface area contributed by atoms with E-state index in [9.17, 15) is 0 Å². The van der Waals surface area contributed by atoms with Gasteiger partial charge >= 0.3 is 0 Å². The summed E-state index contributed by atoms with van der Waals surface area (Å²) in [7, 11) is 0. The molecule has 0 saturated heterocycles. The van der Waals surface area contributed by atoms with E-state index < -0.39 is 0 Å². The normalized spacial score (nSPS) is 13.7. The fourth-order valence-electron chi connectivity index (χ4n) is 7.14. The van der Waals surface area contributed by atoms with E-state index in [4.69, 9.17) is 0 Å². The van der Waals surface area contributed by atoms with E-state index in [0.29, 0.717) is 0 Å². The van der Waals surface area contributed by atoms with E-state index in [2.05, 4.69) is 144 Å². The monoisotopic (exact) mass is 521 g/mol. The minimum atomic E-state index is 1.11. The number of fused-ring (bicyclic) bond motifs is 12. The fourth-order valence-corrected chi connectivity index (χ4v) is 7.14. The highest BCUT2D eigenvalue weighted by Crippen LogP contribution is 2.46. The number of aromatic nitrogens is 1. The van der Waals surface area contributed by atoms with E-state index in [1.54, 1.807) is 0 Å². The molecule has 1 aliphatic rings. The van der Waals surface area contributed by atoms with Gasteiger partial charge in [-0.15, -0.1) is 0 Å². The average Bonchev–Trinajstić information content (AvgIpc) is 3.41. The molecule has 8 aromatic rings. The van der Waals surface area contributed by atoms with Crippen molar-refractivity contribution in [2.24, 2.45) is 0 Å². The predicted octanol–water partition coefficient (Wildman–Crippen LogP) is 11.1. The van der Waals surface area contributed by atoms with Gasteiger partial charge in [0.25, 0.3) is 0 Å². The van der Waals surface area contributed by atoms with Crippen LogP contribution in [0.5, 0.6) is 0 Å². The number of hydrogen-bond donors (Lipinski definition) is 0. The fraction of sp³-hybridized carbons (Fsp3) is 0.0500. The van der Waals surface area contributed by atoms with Gasteiger partial charge in [-0.2, -0.15) is 0 Å². The molecule has 0 fully saturated rings. The average molecular weight is 522 g/mol. The molecule has 1 nitrogen and oxygen atoms in total. The van der Waals surface area contributed by atoms with E-state index in [0.717, 1.165) is 12.8 Å². The largest absolute Gasteiger partial charge is 0.308 e. The lowest BCUT2D eigenvalue weighted by atomic mass is 9.92. The molecule has 0 saturated carbocycles. The molecule has 1 heterocycles. The van der Waals surface area contributed by atoms with Crippen molar-refractivity contribution in [1.29, 1.82) is 0 Å². The van der Waals surface area contributed by atoms with Crippen molar-refractivity contribution >= 4 is 70.5 Å². The lowest BCUT2D eigenvalue weighted by Crippen LogP contribution is -1.96. The topological polar surface area (TPSA) is 4.93 Å². The Hall–Kier alpha value is -5.14. The molecule has 192 valence electrons. The number of hydrogen-bond acceptors (Lipinski definition) is 0. The molecule has 0 unspecified atom stereocenters. The summed E-state index contributed by atoms with van der Waals surface area (Å²) in [5.74, 6) is 0. The van der Waals surface area contributed by atoms with Gasteiger partial charge in [0.2, 0.25) is 0 Å². The van der Waals surface area contributed by atoms with Gasteiger partial charge in [-0.05, 0) is 63.0 Å². The van der Waals surface area contributed by atoms with Crippen LogP contribution in [0.15, 0.2) is 140 Å². The van der Waals surface area contributed by atoms with Crippen LogP contribution < -0.4 is 0 Å². The second-order valence-electron chi connectivity index (χ2n) is 11.2. The number of allylic oxidation sites excluding steroid dienone is 4. The summed E-state index contributed by atoms with van der Waals surface area (Å²) in [6.07, 6.45) is 9.14. The van der Waals surface area contributed by atoms with E-state index in [1.807, 2.05) is 0 Å². The maximum absolute atomic E-state index is 2.53. The van der Waals surface area contributed by atoms with Crippen LogP contribution in [0.3, 0.4) is 0 Å². The number of nitrogens with zero attached hydrogens (tertiary/aromatic N) is 1. The molecule has 7 aromatic carbocycles. The van der Waals surface area contributed by atoms with Crippen LogP contribution in [0.25, 0.3) is 76.2 Å². The molecule has 1 aliphatic carbocycles. The standard InChI is InChI=1S/C40H27N/c1-2-10-26(11-3-1)27-18-22-30(23-19-27)41-39-32-15-7-5-13-29(32)21-25-36(39)38-37-31-14-6-4-12-28(31)20-24-34(37)33-16-8-9-17-35(33)40(38)41/h2,4-25H,1,3H2. The summed E-state index contributed by atoms with van der Waals surface area (Å²) in [6.45, 7) is 0. The highest BCUT2D eigenvalue weighted by Gasteiger charge is 2.21. The van der Waals surface area contributed by atoms with Crippen molar-refractivity contribution in [2.75, 3.05) is 0 Å². The zero-order chi connectivity index (χ0) is 26.9. The van der Waals surface area contributed by atoms with Crippen molar-refractivity contribution in [3.8, 4) is 5.69 Å². The summed E-state index contributed by atoms with van der Waals surface area (Å²) in [5, 5.41) is 13.0.